The monoisotopic (exact) mass is 347 g/mol. The van der Waals surface area contributed by atoms with Crippen LogP contribution in [0, 0.1) is 0 Å². The van der Waals surface area contributed by atoms with Gasteiger partial charge in [-0.1, -0.05) is 30.8 Å². The lowest BCUT2D eigenvalue weighted by atomic mass is 10.3. The summed E-state index contributed by atoms with van der Waals surface area (Å²) >= 11 is 1.34. The van der Waals surface area contributed by atoms with E-state index < -0.39 is 5.97 Å². The van der Waals surface area contributed by atoms with Crippen LogP contribution in [0.2, 0.25) is 0 Å². The molecule has 2 aromatic rings. The first-order valence-corrected chi connectivity index (χ1v) is 9.19. The number of esters is 1. The topological polar surface area (TPSA) is 73.2 Å². The van der Waals surface area contributed by atoms with E-state index in [1.807, 2.05) is 24.3 Å². The molecule has 0 atom stereocenters. The number of amides is 1. The van der Waals surface area contributed by atoms with Crippen LogP contribution >= 0.6 is 11.8 Å². The van der Waals surface area contributed by atoms with E-state index in [-0.39, 0.29) is 24.3 Å². The van der Waals surface area contributed by atoms with Crippen LogP contribution in [0.1, 0.15) is 26.2 Å². The lowest BCUT2D eigenvalue weighted by Gasteiger charge is -2.07. The van der Waals surface area contributed by atoms with Crippen molar-refractivity contribution in [1.29, 1.82) is 0 Å². The van der Waals surface area contributed by atoms with Crippen molar-refractivity contribution in [2.24, 2.45) is 0 Å². The maximum absolute atomic E-state index is 11.8. The zero-order chi connectivity index (χ0) is 16.9. The minimum Gasteiger partial charge on any atom is -0.455 e. The fraction of sp³-hybridized carbons (Fsp3) is 0.471. The zero-order valence-electron chi connectivity index (χ0n) is 13.7. The molecule has 0 unspecified atom stereocenters. The van der Waals surface area contributed by atoms with Crippen LogP contribution in [0.4, 0.5) is 0 Å². The molecule has 1 N–H and O–H groups in total. The summed E-state index contributed by atoms with van der Waals surface area (Å²) in [6.07, 6.45) is 3.02. The number of aryl methyl sites for hydroxylation is 1. The quantitative estimate of drug-likeness (QED) is 0.586. The highest BCUT2D eigenvalue weighted by molar-refractivity contribution is 7.99. The molecule has 0 spiro atoms. The average molecular weight is 347 g/mol. The smallest absolute Gasteiger partial charge is 0.316 e. The van der Waals surface area contributed by atoms with Gasteiger partial charge in [0.25, 0.3) is 5.91 Å². The Morgan fingerprint density at radius 1 is 1.38 bits per heavy atom. The molecule has 1 heterocycles. The minimum absolute atomic E-state index is 0.143. The van der Waals surface area contributed by atoms with Crippen LogP contribution in [-0.2, 0) is 20.9 Å². The van der Waals surface area contributed by atoms with E-state index in [2.05, 4.69) is 21.8 Å². The molecule has 1 amide bonds. The number of aromatic nitrogens is 2. The third kappa shape index (κ3) is 4.29. The normalized spacial score (nSPS) is 13.9. The predicted molar refractivity (Wildman–Crippen MR) is 92.9 cm³/mol. The number of carbonyl (C=O) groups excluding carboxylic acids is 2. The molecule has 1 saturated carbocycles. The van der Waals surface area contributed by atoms with E-state index in [4.69, 9.17) is 4.74 Å². The largest absolute Gasteiger partial charge is 0.455 e. The number of para-hydroxylation sites is 2. The van der Waals surface area contributed by atoms with Gasteiger partial charge in [-0.05, 0) is 31.4 Å². The van der Waals surface area contributed by atoms with Gasteiger partial charge < -0.3 is 14.6 Å². The van der Waals surface area contributed by atoms with Gasteiger partial charge in [0.05, 0.1) is 16.8 Å². The lowest BCUT2D eigenvalue weighted by molar-refractivity contribution is -0.145. The molecule has 0 bridgehead atoms. The summed E-state index contributed by atoms with van der Waals surface area (Å²) < 4.78 is 7.14. The second kappa shape index (κ2) is 7.70. The van der Waals surface area contributed by atoms with Crippen LogP contribution in [0.25, 0.3) is 11.0 Å². The van der Waals surface area contributed by atoms with Crippen molar-refractivity contribution in [2.45, 2.75) is 43.9 Å². The lowest BCUT2D eigenvalue weighted by Crippen LogP contribution is -2.30. The predicted octanol–water partition coefficient (Wildman–Crippen LogP) is 2.36. The van der Waals surface area contributed by atoms with Gasteiger partial charge in [0, 0.05) is 12.6 Å². The number of hydrogen-bond donors (Lipinski definition) is 1. The number of imidazole rings is 1. The third-order valence-corrected chi connectivity index (χ3v) is 4.64. The van der Waals surface area contributed by atoms with E-state index in [1.54, 1.807) is 0 Å². The first-order valence-electron chi connectivity index (χ1n) is 8.20. The minimum atomic E-state index is -0.402. The summed E-state index contributed by atoms with van der Waals surface area (Å²) in [7, 11) is 0. The van der Waals surface area contributed by atoms with Gasteiger partial charge in [0.1, 0.15) is 0 Å². The molecule has 1 aliphatic carbocycles. The van der Waals surface area contributed by atoms with Gasteiger partial charge in [0.15, 0.2) is 11.8 Å². The number of rotatable bonds is 8. The highest BCUT2D eigenvalue weighted by atomic mass is 32.2. The molecule has 6 nitrogen and oxygen atoms in total. The summed E-state index contributed by atoms with van der Waals surface area (Å²) in [6, 6.07) is 8.21. The van der Waals surface area contributed by atoms with E-state index in [1.165, 1.54) is 11.8 Å². The number of nitrogens with zero attached hydrogens (tertiary/aromatic N) is 2. The fourth-order valence-corrected chi connectivity index (χ4v) is 3.25. The first-order chi connectivity index (χ1) is 11.7. The maximum Gasteiger partial charge on any atom is 0.316 e. The molecule has 0 radical (unpaired) electrons. The summed E-state index contributed by atoms with van der Waals surface area (Å²) in [5.41, 5.74) is 1.99. The number of nitrogens with one attached hydrogen (secondary N) is 1. The Labute approximate surface area is 145 Å². The second-order valence-corrected chi connectivity index (χ2v) is 6.77. The van der Waals surface area contributed by atoms with Gasteiger partial charge in [-0.2, -0.15) is 0 Å². The number of ether oxygens (including phenoxy) is 1. The number of benzene rings is 1. The Morgan fingerprint density at radius 2 is 2.17 bits per heavy atom. The average Bonchev–Trinajstić information content (AvgIpc) is 3.32. The fourth-order valence-electron chi connectivity index (χ4n) is 2.41. The van der Waals surface area contributed by atoms with Crippen molar-refractivity contribution in [2.75, 3.05) is 12.4 Å². The summed E-state index contributed by atoms with van der Waals surface area (Å²) in [5.74, 6) is -0.487. The van der Waals surface area contributed by atoms with Gasteiger partial charge in [-0.3, -0.25) is 9.59 Å². The number of thioether (sulfide) groups is 1. The second-order valence-electron chi connectivity index (χ2n) is 5.83. The van der Waals surface area contributed by atoms with Crippen LogP contribution in [0.15, 0.2) is 29.4 Å². The molecule has 1 aliphatic rings. The molecule has 1 aromatic carbocycles. The molecular formula is C17H21N3O3S. The van der Waals surface area contributed by atoms with Gasteiger partial charge in [-0.15, -0.1) is 0 Å². The molecular weight excluding hydrogens is 326 g/mol. The maximum atomic E-state index is 11.8. The van der Waals surface area contributed by atoms with Gasteiger partial charge in [0.2, 0.25) is 0 Å². The van der Waals surface area contributed by atoms with Crippen LogP contribution < -0.4 is 5.32 Å². The van der Waals surface area contributed by atoms with Crippen molar-refractivity contribution in [3.63, 3.8) is 0 Å². The summed E-state index contributed by atoms with van der Waals surface area (Å²) in [6.45, 7) is 2.75. The first kappa shape index (κ1) is 16.8. The van der Waals surface area contributed by atoms with Crippen LogP contribution in [0.5, 0.6) is 0 Å². The standard InChI is InChI=1S/C17H21N3O3S/c1-2-9-20-14-6-4-3-5-13(14)19-17(20)24-11-16(22)23-10-15(21)18-12-7-8-12/h3-6,12H,2,7-11H2,1H3,(H,18,21). The molecule has 128 valence electrons. The molecule has 0 saturated heterocycles. The van der Waals surface area contributed by atoms with Crippen molar-refractivity contribution in [1.82, 2.24) is 14.9 Å². The summed E-state index contributed by atoms with van der Waals surface area (Å²) in [4.78, 5) is 27.9. The molecule has 3 rings (SSSR count). The van der Waals surface area contributed by atoms with E-state index in [0.29, 0.717) is 0 Å². The van der Waals surface area contributed by atoms with E-state index in [0.717, 1.165) is 42.0 Å². The SMILES string of the molecule is CCCn1c(SCC(=O)OCC(=O)NC2CC2)nc2ccccc21. The molecule has 1 aromatic heterocycles. The Morgan fingerprint density at radius 3 is 2.92 bits per heavy atom. The molecule has 24 heavy (non-hydrogen) atoms. The Hall–Kier alpha value is -2.02. The van der Waals surface area contributed by atoms with Crippen molar-refractivity contribution in [3.8, 4) is 0 Å². The summed E-state index contributed by atoms with van der Waals surface area (Å²) in [5, 5.41) is 3.59. The van der Waals surface area contributed by atoms with Gasteiger partial charge in [-0.25, -0.2) is 4.98 Å². The Bertz CT molecular complexity index is 740. The van der Waals surface area contributed by atoms with E-state index in [9.17, 15) is 9.59 Å². The highest BCUT2D eigenvalue weighted by Gasteiger charge is 2.23. The van der Waals surface area contributed by atoms with Crippen LogP contribution in [-0.4, -0.2) is 39.8 Å². The van der Waals surface area contributed by atoms with Crippen molar-refractivity contribution >= 4 is 34.7 Å². The third-order valence-electron chi connectivity index (χ3n) is 3.69. The van der Waals surface area contributed by atoms with Gasteiger partial charge >= 0.3 is 5.97 Å². The zero-order valence-corrected chi connectivity index (χ0v) is 14.5. The highest BCUT2D eigenvalue weighted by Crippen LogP contribution is 2.24. The molecule has 0 aliphatic heterocycles. The van der Waals surface area contributed by atoms with Crippen molar-refractivity contribution in [3.05, 3.63) is 24.3 Å². The number of carbonyl (C=O) groups is 2. The number of hydrogen-bond acceptors (Lipinski definition) is 5. The molecule has 1 fully saturated rings. The Balaban J connectivity index is 1.55. The Kier molecular flexibility index (Phi) is 5.40. The molecule has 7 heteroatoms. The van der Waals surface area contributed by atoms with E-state index >= 15 is 0 Å². The number of fused-ring (bicyclic) bond motifs is 1. The van der Waals surface area contributed by atoms with Crippen molar-refractivity contribution < 1.29 is 14.3 Å². The van der Waals surface area contributed by atoms with Crippen LogP contribution in [0.3, 0.4) is 0 Å².